The molecule has 0 fully saturated rings. The Hall–Kier alpha value is -1.51. The van der Waals surface area contributed by atoms with Gasteiger partial charge in [-0.05, 0) is 30.0 Å². The van der Waals surface area contributed by atoms with Crippen molar-refractivity contribution in [2.24, 2.45) is 11.8 Å². The first-order valence-electron chi connectivity index (χ1n) is 6.13. The van der Waals surface area contributed by atoms with Gasteiger partial charge in [-0.15, -0.1) is 0 Å². The fraction of sp³-hybridized carbons (Fsp3) is 0.500. The van der Waals surface area contributed by atoms with Gasteiger partial charge < -0.3 is 10.1 Å². The summed E-state index contributed by atoms with van der Waals surface area (Å²) in [5.74, 6) is 1.31. The van der Waals surface area contributed by atoms with E-state index in [-0.39, 0.29) is 11.8 Å². The van der Waals surface area contributed by atoms with E-state index in [1.165, 1.54) is 5.56 Å². The number of fused-ring (bicyclic) bond motifs is 1. The van der Waals surface area contributed by atoms with Crippen LogP contribution in [-0.4, -0.2) is 12.5 Å². The van der Waals surface area contributed by atoms with Gasteiger partial charge in [0.15, 0.2) is 0 Å². The topological polar surface area (TPSA) is 38.3 Å². The van der Waals surface area contributed by atoms with Gasteiger partial charge in [0.1, 0.15) is 5.75 Å². The molecule has 0 bridgehead atoms. The highest BCUT2D eigenvalue weighted by Gasteiger charge is 2.20. The van der Waals surface area contributed by atoms with Crippen molar-refractivity contribution in [2.75, 3.05) is 11.9 Å². The molecule has 1 aromatic rings. The summed E-state index contributed by atoms with van der Waals surface area (Å²) in [7, 11) is 0. The molecule has 2 rings (SSSR count). The van der Waals surface area contributed by atoms with Crippen molar-refractivity contribution in [2.45, 2.75) is 27.2 Å². The minimum atomic E-state index is -0.101. The van der Waals surface area contributed by atoms with Crippen molar-refractivity contribution in [1.82, 2.24) is 0 Å². The number of hydrogen-bond donors (Lipinski definition) is 1. The molecular weight excluding hydrogens is 214 g/mol. The summed E-state index contributed by atoms with van der Waals surface area (Å²) in [6.45, 7) is 6.68. The molecular formula is C14H19NO2. The maximum atomic E-state index is 11.7. The fourth-order valence-electron chi connectivity index (χ4n) is 1.95. The lowest BCUT2D eigenvalue weighted by molar-refractivity contribution is -0.119. The Kier molecular flexibility index (Phi) is 3.36. The number of carbonyl (C=O) groups is 1. The summed E-state index contributed by atoms with van der Waals surface area (Å²) in [4.78, 5) is 11.7. The third-order valence-corrected chi connectivity index (χ3v) is 2.88. The molecule has 92 valence electrons. The Labute approximate surface area is 102 Å². The SMILES string of the molecule is CC(C)Cc1ccc2c(c1)NC(=O)C(C)CO2. The van der Waals surface area contributed by atoms with Crippen LogP contribution in [0.25, 0.3) is 0 Å². The number of rotatable bonds is 2. The molecule has 0 radical (unpaired) electrons. The van der Waals surface area contributed by atoms with Crippen LogP contribution >= 0.6 is 0 Å². The van der Waals surface area contributed by atoms with E-state index in [2.05, 4.69) is 25.2 Å². The number of amides is 1. The number of carbonyl (C=O) groups excluding carboxylic acids is 1. The standard InChI is InChI=1S/C14H19NO2/c1-9(2)6-11-4-5-13-12(7-11)15-14(16)10(3)8-17-13/h4-5,7,9-10H,6,8H2,1-3H3,(H,15,16). The van der Waals surface area contributed by atoms with Crippen LogP contribution in [0.2, 0.25) is 0 Å². The van der Waals surface area contributed by atoms with E-state index in [0.717, 1.165) is 17.9 Å². The largest absolute Gasteiger partial charge is 0.491 e. The van der Waals surface area contributed by atoms with Gasteiger partial charge in [-0.3, -0.25) is 4.79 Å². The van der Waals surface area contributed by atoms with Gasteiger partial charge in [0.05, 0.1) is 18.2 Å². The third-order valence-electron chi connectivity index (χ3n) is 2.88. The van der Waals surface area contributed by atoms with Gasteiger partial charge in [0.2, 0.25) is 5.91 Å². The van der Waals surface area contributed by atoms with E-state index < -0.39 is 0 Å². The summed E-state index contributed by atoms with van der Waals surface area (Å²) >= 11 is 0. The van der Waals surface area contributed by atoms with E-state index in [9.17, 15) is 4.79 Å². The molecule has 1 aliphatic rings. The molecule has 1 unspecified atom stereocenters. The van der Waals surface area contributed by atoms with Crippen molar-refractivity contribution in [3.05, 3.63) is 23.8 Å². The molecule has 17 heavy (non-hydrogen) atoms. The van der Waals surface area contributed by atoms with E-state index in [1.54, 1.807) is 0 Å². The minimum absolute atomic E-state index is 0.0328. The Morgan fingerprint density at radius 1 is 1.47 bits per heavy atom. The average molecular weight is 233 g/mol. The number of anilines is 1. The second-order valence-corrected chi connectivity index (χ2v) is 5.13. The monoisotopic (exact) mass is 233 g/mol. The molecule has 1 N–H and O–H groups in total. The summed E-state index contributed by atoms with van der Waals surface area (Å²) in [6.07, 6.45) is 1.01. The maximum absolute atomic E-state index is 11.7. The zero-order chi connectivity index (χ0) is 12.4. The maximum Gasteiger partial charge on any atom is 0.230 e. The van der Waals surface area contributed by atoms with E-state index in [0.29, 0.717) is 12.5 Å². The summed E-state index contributed by atoms with van der Waals surface area (Å²) in [5.41, 5.74) is 2.04. The smallest absolute Gasteiger partial charge is 0.230 e. The molecule has 3 nitrogen and oxygen atoms in total. The predicted octanol–water partition coefficient (Wildman–Crippen LogP) is 2.85. The zero-order valence-corrected chi connectivity index (χ0v) is 10.6. The lowest BCUT2D eigenvalue weighted by Gasteiger charge is -2.10. The highest BCUT2D eigenvalue weighted by molar-refractivity contribution is 5.94. The van der Waals surface area contributed by atoms with Crippen molar-refractivity contribution < 1.29 is 9.53 Å². The lowest BCUT2D eigenvalue weighted by Crippen LogP contribution is -2.22. The van der Waals surface area contributed by atoms with Gasteiger partial charge in [-0.25, -0.2) is 0 Å². The molecule has 0 spiro atoms. The average Bonchev–Trinajstić information content (AvgIpc) is 2.38. The van der Waals surface area contributed by atoms with E-state index in [1.807, 2.05) is 19.1 Å². The van der Waals surface area contributed by atoms with Crippen LogP contribution in [0.15, 0.2) is 18.2 Å². The Morgan fingerprint density at radius 2 is 2.24 bits per heavy atom. The molecule has 1 atom stereocenters. The zero-order valence-electron chi connectivity index (χ0n) is 10.6. The van der Waals surface area contributed by atoms with Crippen molar-refractivity contribution >= 4 is 11.6 Å². The molecule has 0 saturated heterocycles. The van der Waals surface area contributed by atoms with Gasteiger partial charge in [0, 0.05) is 0 Å². The van der Waals surface area contributed by atoms with Crippen LogP contribution < -0.4 is 10.1 Å². The number of ether oxygens (including phenoxy) is 1. The fourth-order valence-corrected chi connectivity index (χ4v) is 1.95. The lowest BCUT2D eigenvalue weighted by atomic mass is 10.0. The van der Waals surface area contributed by atoms with Crippen LogP contribution in [0.4, 0.5) is 5.69 Å². The van der Waals surface area contributed by atoms with E-state index >= 15 is 0 Å². The normalized spacial score (nSPS) is 19.3. The highest BCUT2D eigenvalue weighted by Crippen LogP contribution is 2.29. The first-order chi connectivity index (χ1) is 8.06. The molecule has 1 aliphatic heterocycles. The van der Waals surface area contributed by atoms with Gasteiger partial charge >= 0.3 is 0 Å². The molecule has 0 saturated carbocycles. The summed E-state index contributed by atoms with van der Waals surface area (Å²) < 4.78 is 5.61. The number of benzene rings is 1. The van der Waals surface area contributed by atoms with Crippen molar-refractivity contribution in [1.29, 1.82) is 0 Å². The first-order valence-corrected chi connectivity index (χ1v) is 6.13. The summed E-state index contributed by atoms with van der Waals surface area (Å²) in [5, 5.41) is 2.92. The van der Waals surface area contributed by atoms with Crippen LogP contribution in [-0.2, 0) is 11.2 Å². The number of nitrogens with one attached hydrogen (secondary N) is 1. The molecule has 1 heterocycles. The van der Waals surface area contributed by atoms with Gasteiger partial charge in [0.25, 0.3) is 0 Å². The third kappa shape index (κ3) is 2.78. The minimum Gasteiger partial charge on any atom is -0.491 e. The van der Waals surface area contributed by atoms with Crippen LogP contribution in [0, 0.1) is 11.8 Å². The van der Waals surface area contributed by atoms with Gasteiger partial charge in [-0.2, -0.15) is 0 Å². The van der Waals surface area contributed by atoms with Crippen LogP contribution in [0.3, 0.4) is 0 Å². The summed E-state index contributed by atoms with van der Waals surface area (Å²) in [6, 6.07) is 6.04. The second kappa shape index (κ2) is 4.78. The highest BCUT2D eigenvalue weighted by atomic mass is 16.5. The van der Waals surface area contributed by atoms with Crippen LogP contribution in [0.1, 0.15) is 26.3 Å². The second-order valence-electron chi connectivity index (χ2n) is 5.13. The molecule has 1 aromatic carbocycles. The predicted molar refractivity (Wildman–Crippen MR) is 68.3 cm³/mol. The Morgan fingerprint density at radius 3 is 2.94 bits per heavy atom. The first kappa shape index (κ1) is 12.0. The Balaban J connectivity index is 2.26. The quantitative estimate of drug-likeness (QED) is 0.853. The molecule has 1 amide bonds. The molecule has 0 aliphatic carbocycles. The van der Waals surface area contributed by atoms with Crippen molar-refractivity contribution in [3.63, 3.8) is 0 Å². The van der Waals surface area contributed by atoms with Crippen molar-refractivity contribution in [3.8, 4) is 5.75 Å². The number of hydrogen-bond acceptors (Lipinski definition) is 2. The van der Waals surface area contributed by atoms with Gasteiger partial charge in [-0.1, -0.05) is 26.8 Å². The molecule has 3 heteroatoms. The van der Waals surface area contributed by atoms with E-state index in [4.69, 9.17) is 4.74 Å². The molecule has 0 aromatic heterocycles. The Bertz CT molecular complexity index is 426. The van der Waals surface area contributed by atoms with Crippen LogP contribution in [0.5, 0.6) is 5.75 Å².